The van der Waals surface area contributed by atoms with E-state index in [1.807, 2.05) is 82.6 Å². The van der Waals surface area contributed by atoms with Crippen LogP contribution in [-0.2, 0) is 34.0 Å². The summed E-state index contributed by atoms with van der Waals surface area (Å²) in [4.78, 5) is 78.1. The summed E-state index contributed by atoms with van der Waals surface area (Å²) in [5.74, 6) is 4.17. The number of morpholine rings is 1. The number of phenolic OH excluding ortho intramolecular Hbond substituents is 1. The number of cyclic esters (lactones) is 1. The number of phenols is 1. The third kappa shape index (κ3) is 7.97. The summed E-state index contributed by atoms with van der Waals surface area (Å²) in [6.07, 6.45) is 1.43. The van der Waals surface area contributed by atoms with Crippen molar-refractivity contribution in [2.45, 2.75) is 29.6 Å². The van der Waals surface area contributed by atoms with E-state index in [-0.39, 0.29) is 37.7 Å². The van der Waals surface area contributed by atoms with E-state index in [2.05, 4.69) is 21.8 Å². The molecular weight excluding hydrogens is 877 g/mol. The molecule has 3 amide bonds. The fourth-order valence-electron chi connectivity index (χ4n) is 10.5. The van der Waals surface area contributed by atoms with Crippen molar-refractivity contribution in [2.75, 3.05) is 63.4 Å². The molecule has 3 fully saturated rings. The number of piperazine rings is 1. The molecule has 0 radical (unpaired) electrons. The Morgan fingerprint density at radius 1 is 0.739 bits per heavy atom. The summed E-state index contributed by atoms with van der Waals surface area (Å²) in [5, 5.41) is 10.8. The van der Waals surface area contributed by atoms with Crippen molar-refractivity contribution in [1.29, 1.82) is 0 Å². The van der Waals surface area contributed by atoms with E-state index in [4.69, 9.17) is 18.9 Å². The second-order valence-corrected chi connectivity index (χ2v) is 17.2. The number of methoxy groups -OCH3 is 2. The normalized spacial score (nSPS) is 22.9. The molecule has 1 N–H and O–H groups in total. The number of aromatic nitrogens is 2. The van der Waals surface area contributed by atoms with Crippen LogP contribution in [0.15, 0.2) is 146 Å². The van der Waals surface area contributed by atoms with Crippen molar-refractivity contribution in [3.8, 4) is 23.3 Å². The second kappa shape index (κ2) is 18.9. The molecule has 0 unspecified atom stereocenters. The Hall–Kier alpha value is -8.06. The van der Waals surface area contributed by atoms with Gasteiger partial charge in [-0.2, -0.15) is 0 Å². The minimum absolute atomic E-state index is 0.0346. The van der Waals surface area contributed by atoms with Crippen LogP contribution in [-0.4, -0.2) is 108 Å². The third-order valence-electron chi connectivity index (χ3n) is 13.5. The molecular formula is C54H48N6O9. The number of ether oxygens (including phenoxy) is 4. The van der Waals surface area contributed by atoms with Crippen LogP contribution in [0, 0.1) is 17.8 Å². The number of fused-ring (bicyclic) bond motifs is 3. The number of anilines is 2. The van der Waals surface area contributed by atoms with Gasteiger partial charge in [0, 0.05) is 56.8 Å². The number of nitrogens with zero attached hydrogens (tertiary/aromatic N) is 6. The molecule has 4 aliphatic rings. The fourth-order valence-corrected chi connectivity index (χ4v) is 10.5. The van der Waals surface area contributed by atoms with Crippen LogP contribution in [0.2, 0.25) is 0 Å². The molecule has 0 aliphatic carbocycles. The van der Waals surface area contributed by atoms with Crippen molar-refractivity contribution >= 4 is 35.5 Å². The molecule has 15 heteroatoms. The van der Waals surface area contributed by atoms with Crippen molar-refractivity contribution in [3.63, 3.8) is 0 Å². The highest BCUT2D eigenvalue weighted by Crippen LogP contribution is 2.66. The number of aromatic hydroxyl groups is 1. The van der Waals surface area contributed by atoms with Crippen molar-refractivity contribution in [1.82, 2.24) is 19.8 Å². The smallest absolute Gasteiger partial charge is 0.421 e. The molecule has 3 saturated heterocycles. The highest BCUT2D eigenvalue weighted by molar-refractivity contribution is 6.23. The zero-order valence-electron chi connectivity index (χ0n) is 37.9. The molecule has 1 spiro atoms. The molecule has 348 valence electrons. The number of carbonyl (C=O) groups is 4. The van der Waals surface area contributed by atoms with E-state index in [1.54, 1.807) is 72.9 Å². The lowest BCUT2D eigenvalue weighted by Gasteiger charge is -2.46. The molecule has 6 atom stereocenters. The Morgan fingerprint density at radius 2 is 1.39 bits per heavy atom. The number of hydrogen-bond acceptors (Lipinski definition) is 13. The lowest BCUT2D eigenvalue weighted by atomic mass is 9.65. The van der Waals surface area contributed by atoms with E-state index >= 15 is 14.4 Å². The highest BCUT2D eigenvalue weighted by atomic mass is 16.6. The Bertz CT molecular complexity index is 2920. The molecule has 1 aromatic heterocycles. The predicted molar refractivity (Wildman–Crippen MR) is 253 cm³/mol. The zero-order valence-corrected chi connectivity index (χ0v) is 37.9. The summed E-state index contributed by atoms with van der Waals surface area (Å²) >= 11 is 0. The average Bonchev–Trinajstić information content (AvgIpc) is 3.85. The van der Waals surface area contributed by atoms with Gasteiger partial charge in [-0.1, -0.05) is 84.6 Å². The Labute approximate surface area is 398 Å². The van der Waals surface area contributed by atoms with E-state index in [1.165, 1.54) is 19.2 Å². The first kappa shape index (κ1) is 44.8. The molecule has 0 saturated carbocycles. The van der Waals surface area contributed by atoms with Crippen molar-refractivity contribution in [3.05, 3.63) is 179 Å². The van der Waals surface area contributed by atoms with Crippen LogP contribution < -0.4 is 14.5 Å². The zero-order chi connectivity index (χ0) is 47.6. The maximum atomic E-state index is 16.5. The number of amides is 3. The van der Waals surface area contributed by atoms with Gasteiger partial charge in [-0.3, -0.25) is 19.3 Å². The lowest BCUT2D eigenvalue weighted by molar-refractivity contribution is -0.179. The maximum Gasteiger partial charge on any atom is 0.421 e. The first-order valence-electron chi connectivity index (χ1n) is 22.7. The van der Waals surface area contributed by atoms with E-state index in [9.17, 15) is 9.90 Å². The number of hydrogen-bond donors (Lipinski definition) is 1. The molecule has 4 aliphatic heterocycles. The van der Waals surface area contributed by atoms with Gasteiger partial charge in [0.15, 0.2) is 0 Å². The molecule has 5 heterocycles. The van der Waals surface area contributed by atoms with Crippen LogP contribution >= 0.6 is 0 Å². The predicted octanol–water partition coefficient (Wildman–Crippen LogP) is 6.39. The Balaban J connectivity index is 1.23. The number of rotatable bonds is 9. The van der Waals surface area contributed by atoms with Gasteiger partial charge in [-0.05, 0) is 82.9 Å². The number of benzene rings is 5. The Kier molecular flexibility index (Phi) is 12.3. The molecule has 5 aromatic carbocycles. The first-order chi connectivity index (χ1) is 33.7. The van der Waals surface area contributed by atoms with Crippen molar-refractivity contribution in [2.24, 2.45) is 5.92 Å². The standard InChI is InChI=1S/C54H48N6O9/c1-66-32-33-68-53(65)59-43-25-18-36(15-14-35-16-23-41(67-2)24-17-35)34-42(43)54(51(59)64)44(49(62)57-28-30-58(31-29-57)52-55-26-9-27-56-52)46-50(63)69-47(38-12-7-4-8-13-38)45(37-10-5-3-6-11-37)60(46)48(54)39-19-21-40(61)22-20-39/h3-13,16-27,34,44-48,61H,28-33H2,1-2H3/t44-,45-,46-,47+,48+,54-/m1/s1. The molecule has 15 nitrogen and oxygen atoms in total. The average molecular weight is 925 g/mol. The number of carbonyl (C=O) groups excluding carboxylic acids is 4. The van der Waals surface area contributed by atoms with Gasteiger partial charge >= 0.3 is 12.1 Å². The first-order valence-corrected chi connectivity index (χ1v) is 22.7. The minimum Gasteiger partial charge on any atom is -0.508 e. The van der Waals surface area contributed by atoms with Gasteiger partial charge in [-0.25, -0.2) is 19.7 Å². The van der Waals surface area contributed by atoms with Crippen LogP contribution in [0.4, 0.5) is 16.4 Å². The fraction of sp³-hybridized carbons (Fsp3) is 0.259. The summed E-state index contributed by atoms with van der Waals surface area (Å²) in [5.41, 5.74) is 1.58. The number of imide groups is 1. The SMILES string of the molecule is COCCOC(=O)N1C(=O)[C@@]2(c3cc(C#Cc4ccc(OC)cc4)ccc31)[C@H](c1ccc(O)cc1)N1[C@H](c3ccccc3)[C@H](c3ccccc3)OC(=O)[C@H]1[C@@H]2C(=O)N1CCN(c2ncccn2)CC1. The van der Waals surface area contributed by atoms with Gasteiger partial charge < -0.3 is 33.9 Å². The van der Waals surface area contributed by atoms with Crippen LogP contribution in [0.3, 0.4) is 0 Å². The topological polar surface area (TPSA) is 164 Å². The van der Waals surface area contributed by atoms with Gasteiger partial charge in [0.05, 0.1) is 37.4 Å². The summed E-state index contributed by atoms with van der Waals surface area (Å²) < 4.78 is 22.9. The van der Waals surface area contributed by atoms with E-state index < -0.39 is 59.4 Å². The van der Waals surface area contributed by atoms with Crippen LogP contribution in [0.1, 0.15) is 51.6 Å². The minimum atomic E-state index is -2.02. The molecule has 0 bridgehead atoms. The summed E-state index contributed by atoms with van der Waals surface area (Å²) in [6.45, 7) is 1.05. The monoisotopic (exact) mass is 924 g/mol. The van der Waals surface area contributed by atoms with Gasteiger partial charge in [0.1, 0.15) is 35.7 Å². The van der Waals surface area contributed by atoms with E-state index in [0.717, 1.165) is 10.5 Å². The lowest BCUT2D eigenvalue weighted by Crippen LogP contribution is -2.59. The second-order valence-electron chi connectivity index (χ2n) is 17.2. The van der Waals surface area contributed by atoms with Gasteiger partial charge in [0.25, 0.3) is 0 Å². The van der Waals surface area contributed by atoms with Crippen LogP contribution in [0.25, 0.3) is 0 Å². The molecule has 69 heavy (non-hydrogen) atoms. The van der Waals surface area contributed by atoms with E-state index in [0.29, 0.717) is 52.6 Å². The third-order valence-corrected chi connectivity index (χ3v) is 13.5. The number of esters is 1. The Morgan fingerprint density at radius 3 is 2.06 bits per heavy atom. The van der Waals surface area contributed by atoms with Crippen molar-refractivity contribution < 1.29 is 43.2 Å². The largest absolute Gasteiger partial charge is 0.508 e. The highest BCUT2D eigenvalue weighted by Gasteiger charge is 2.76. The van der Waals surface area contributed by atoms with Crippen LogP contribution in [0.5, 0.6) is 11.5 Å². The van der Waals surface area contributed by atoms with Gasteiger partial charge in [0.2, 0.25) is 17.8 Å². The molecule has 10 rings (SSSR count). The summed E-state index contributed by atoms with van der Waals surface area (Å²) in [7, 11) is 3.06. The molecule has 6 aromatic rings. The summed E-state index contributed by atoms with van der Waals surface area (Å²) in [6, 6.07) is 36.1. The maximum absolute atomic E-state index is 16.5. The quantitative estimate of drug-likeness (QED) is 0.0966. The van der Waals surface area contributed by atoms with Gasteiger partial charge in [-0.15, -0.1) is 0 Å².